The number of rotatable bonds is 9. The number of carbonyl (C=O) groups is 3. The van der Waals surface area contributed by atoms with Crippen LogP contribution in [-0.4, -0.2) is 55.0 Å². The third-order valence-electron chi connectivity index (χ3n) is 7.00. The van der Waals surface area contributed by atoms with Gasteiger partial charge in [0.05, 0.1) is 6.61 Å². The van der Waals surface area contributed by atoms with Crippen LogP contribution in [0, 0.1) is 5.92 Å². The van der Waals surface area contributed by atoms with Crippen LogP contribution < -0.4 is 10.6 Å². The Labute approximate surface area is 205 Å². The van der Waals surface area contributed by atoms with Crippen LogP contribution in [0.2, 0.25) is 0 Å². The summed E-state index contributed by atoms with van der Waals surface area (Å²) in [5.74, 6) is -1.25. The van der Waals surface area contributed by atoms with Crippen LogP contribution in [0.3, 0.4) is 0 Å². The summed E-state index contributed by atoms with van der Waals surface area (Å²) in [5, 5.41) is 14.7. The number of nitrogens with one attached hydrogen (secondary N) is 2. The number of carbonyl (C=O) groups excluding carboxylic acids is 2. The Morgan fingerprint density at radius 2 is 1.66 bits per heavy atom. The zero-order valence-corrected chi connectivity index (χ0v) is 20.1. The van der Waals surface area contributed by atoms with Gasteiger partial charge >= 0.3 is 12.1 Å². The second kappa shape index (κ2) is 10.5. The number of hydrogen-bond donors (Lipinski definition) is 3. The summed E-state index contributed by atoms with van der Waals surface area (Å²) in [5.41, 5.74) is 3.16. The highest BCUT2D eigenvalue weighted by Crippen LogP contribution is 2.44. The molecule has 0 bridgehead atoms. The van der Waals surface area contributed by atoms with Gasteiger partial charge in [0.1, 0.15) is 12.1 Å². The van der Waals surface area contributed by atoms with Gasteiger partial charge in [0.2, 0.25) is 5.91 Å². The molecule has 2 amide bonds. The van der Waals surface area contributed by atoms with E-state index in [1.807, 2.05) is 36.4 Å². The number of aliphatic carboxylic acids is 1. The molecular formula is C27H32N2O6. The van der Waals surface area contributed by atoms with E-state index in [0.29, 0.717) is 12.8 Å². The minimum atomic E-state index is -1.33. The van der Waals surface area contributed by atoms with E-state index in [1.54, 1.807) is 6.92 Å². The number of carboxylic acid groups (broad SMARTS) is 1. The molecule has 3 unspecified atom stereocenters. The summed E-state index contributed by atoms with van der Waals surface area (Å²) in [6.45, 7) is 1.70. The number of benzene rings is 2. The summed E-state index contributed by atoms with van der Waals surface area (Å²) in [6, 6.07) is 16.0. The molecule has 4 rings (SSSR count). The van der Waals surface area contributed by atoms with Crippen molar-refractivity contribution < 1.29 is 29.0 Å². The molecule has 35 heavy (non-hydrogen) atoms. The van der Waals surface area contributed by atoms with E-state index >= 15 is 0 Å². The molecule has 0 aliphatic heterocycles. The van der Waals surface area contributed by atoms with Gasteiger partial charge in [0.15, 0.2) is 0 Å². The molecule has 8 heteroatoms. The molecule has 3 atom stereocenters. The van der Waals surface area contributed by atoms with Crippen LogP contribution in [0.4, 0.5) is 4.79 Å². The largest absolute Gasteiger partial charge is 0.481 e. The molecule has 3 N–H and O–H groups in total. The second-order valence-electron chi connectivity index (χ2n) is 9.66. The fraction of sp³-hybridized carbons (Fsp3) is 0.444. The fourth-order valence-corrected chi connectivity index (χ4v) is 5.29. The number of fused-ring (bicyclic) bond motifs is 3. The molecule has 186 valence electrons. The standard InChI is InChI=1S/C27H32N2O6/c1-27(16-34-2,25(32)28-18-12-11-17(13-18)14-24(30)31)29-26(33)35-15-23-21-9-5-3-7-19(21)20-8-4-6-10-22(20)23/h3-10,17-18,23H,11-16H2,1-2H3,(H,28,32)(H,29,33)(H,30,31). The minimum Gasteiger partial charge on any atom is -0.481 e. The van der Waals surface area contributed by atoms with Crippen molar-refractivity contribution in [2.45, 2.75) is 50.1 Å². The smallest absolute Gasteiger partial charge is 0.408 e. The van der Waals surface area contributed by atoms with Gasteiger partial charge in [-0.1, -0.05) is 48.5 Å². The Kier molecular flexibility index (Phi) is 7.40. The van der Waals surface area contributed by atoms with Crippen molar-refractivity contribution in [1.82, 2.24) is 10.6 Å². The Morgan fingerprint density at radius 1 is 1.03 bits per heavy atom. The van der Waals surface area contributed by atoms with Crippen LogP contribution in [0.15, 0.2) is 48.5 Å². The zero-order chi connectivity index (χ0) is 25.0. The van der Waals surface area contributed by atoms with Crippen LogP contribution in [0.1, 0.15) is 49.7 Å². The molecule has 0 spiro atoms. The maximum absolute atomic E-state index is 13.1. The number of methoxy groups -OCH3 is 1. The molecule has 1 saturated carbocycles. The van der Waals surface area contributed by atoms with E-state index in [2.05, 4.69) is 22.8 Å². The molecule has 2 aliphatic carbocycles. The Bertz CT molecular complexity index is 1060. The van der Waals surface area contributed by atoms with Crippen LogP contribution in [-0.2, 0) is 19.1 Å². The van der Waals surface area contributed by atoms with Crippen molar-refractivity contribution in [2.24, 2.45) is 5.92 Å². The van der Waals surface area contributed by atoms with E-state index < -0.39 is 17.6 Å². The molecule has 2 aliphatic rings. The highest BCUT2D eigenvalue weighted by Gasteiger charge is 2.39. The number of amides is 2. The lowest BCUT2D eigenvalue weighted by atomic mass is 9.98. The molecule has 0 saturated heterocycles. The van der Waals surface area contributed by atoms with Crippen molar-refractivity contribution in [2.75, 3.05) is 20.3 Å². The van der Waals surface area contributed by atoms with Gasteiger partial charge in [0, 0.05) is 25.5 Å². The first-order valence-electron chi connectivity index (χ1n) is 12.0. The van der Waals surface area contributed by atoms with E-state index in [4.69, 9.17) is 14.6 Å². The first-order chi connectivity index (χ1) is 16.8. The van der Waals surface area contributed by atoms with Gasteiger partial charge in [-0.15, -0.1) is 0 Å². The third-order valence-corrected chi connectivity index (χ3v) is 7.00. The average Bonchev–Trinajstić information content (AvgIpc) is 3.39. The fourth-order valence-electron chi connectivity index (χ4n) is 5.29. The summed E-state index contributed by atoms with van der Waals surface area (Å²) in [7, 11) is 1.46. The van der Waals surface area contributed by atoms with Gasteiger partial charge in [-0.05, 0) is 54.4 Å². The summed E-state index contributed by atoms with van der Waals surface area (Å²) >= 11 is 0. The van der Waals surface area contributed by atoms with Gasteiger partial charge in [-0.25, -0.2) is 4.79 Å². The van der Waals surface area contributed by atoms with Crippen molar-refractivity contribution in [3.8, 4) is 11.1 Å². The van der Waals surface area contributed by atoms with E-state index in [-0.39, 0.29) is 43.4 Å². The number of carboxylic acids is 1. The van der Waals surface area contributed by atoms with Gasteiger partial charge in [-0.3, -0.25) is 9.59 Å². The molecule has 0 radical (unpaired) electrons. The number of ether oxygens (including phenoxy) is 2. The molecule has 8 nitrogen and oxygen atoms in total. The van der Waals surface area contributed by atoms with Crippen molar-refractivity contribution in [3.63, 3.8) is 0 Å². The monoisotopic (exact) mass is 480 g/mol. The van der Waals surface area contributed by atoms with Gasteiger partial charge < -0.3 is 25.2 Å². The summed E-state index contributed by atoms with van der Waals surface area (Å²) in [4.78, 5) is 36.9. The summed E-state index contributed by atoms with van der Waals surface area (Å²) < 4.78 is 10.8. The molecule has 1 fully saturated rings. The molecule has 0 heterocycles. The average molecular weight is 481 g/mol. The highest BCUT2D eigenvalue weighted by molar-refractivity contribution is 5.90. The highest BCUT2D eigenvalue weighted by atomic mass is 16.5. The first kappa shape index (κ1) is 24.7. The van der Waals surface area contributed by atoms with Crippen LogP contribution >= 0.6 is 0 Å². The molecule has 2 aromatic carbocycles. The Hall–Kier alpha value is -3.39. The van der Waals surface area contributed by atoms with Crippen LogP contribution in [0.25, 0.3) is 11.1 Å². The maximum atomic E-state index is 13.1. The summed E-state index contributed by atoms with van der Waals surface area (Å²) in [6.07, 6.45) is 1.46. The van der Waals surface area contributed by atoms with Crippen molar-refractivity contribution in [3.05, 3.63) is 59.7 Å². The van der Waals surface area contributed by atoms with E-state index in [0.717, 1.165) is 28.7 Å². The number of alkyl carbamates (subject to hydrolysis) is 1. The van der Waals surface area contributed by atoms with Crippen molar-refractivity contribution >= 4 is 18.0 Å². The third kappa shape index (κ3) is 5.48. The zero-order valence-electron chi connectivity index (χ0n) is 20.1. The lowest BCUT2D eigenvalue weighted by Gasteiger charge is -2.30. The SMILES string of the molecule is COCC(C)(NC(=O)OCC1c2ccccc2-c2ccccc21)C(=O)NC1CCC(CC(=O)O)C1. The normalized spacial score (nSPS) is 20.4. The quantitative estimate of drug-likeness (QED) is 0.504. The second-order valence-corrected chi connectivity index (χ2v) is 9.66. The molecule has 0 aromatic heterocycles. The lowest BCUT2D eigenvalue weighted by Crippen LogP contribution is -2.61. The van der Waals surface area contributed by atoms with E-state index in [1.165, 1.54) is 7.11 Å². The predicted molar refractivity (Wildman–Crippen MR) is 130 cm³/mol. The Balaban J connectivity index is 1.37. The number of hydrogen-bond acceptors (Lipinski definition) is 5. The lowest BCUT2D eigenvalue weighted by molar-refractivity contribution is -0.138. The molecule has 2 aromatic rings. The van der Waals surface area contributed by atoms with Crippen LogP contribution in [0.5, 0.6) is 0 Å². The van der Waals surface area contributed by atoms with E-state index in [9.17, 15) is 14.4 Å². The van der Waals surface area contributed by atoms with Crippen molar-refractivity contribution in [1.29, 1.82) is 0 Å². The Morgan fingerprint density at radius 3 is 2.26 bits per heavy atom. The predicted octanol–water partition coefficient (Wildman–Crippen LogP) is 3.69. The maximum Gasteiger partial charge on any atom is 0.408 e. The topological polar surface area (TPSA) is 114 Å². The first-order valence-corrected chi connectivity index (χ1v) is 12.0. The van der Waals surface area contributed by atoms with Gasteiger partial charge in [0.25, 0.3) is 0 Å². The van der Waals surface area contributed by atoms with Gasteiger partial charge in [-0.2, -0.15) is 0 Å². The molecular weight excluding hydrogens is 448 g/mol. The minimum absolute atomic E-state index is 0.0334.